The predicted octanol–water partition coefficient (Wildman–Crippen LogP) is 0.490. The van der Waals surface area contributed by atoms with Crippen LogP contribution in [0.5, 0.6) is 0 Å². The van der Waals surface area contributed by atoms with Crippen LogP contribution in [-0.2, 0) is 19.1 Å². The van der Waals surface area contributed by atoms with Gasteiger partial charge in [0.2, 0.25) is 0 Å². The van der Waals surface area contributed by atoms with Crippen molar-refractivity contribution in [3.63, 3.8) is 0 Å². The van der Waals surface area contributed by atoms with E-state index in [2.05, 4.69) is 4.74 Å². The first-order valence-electron chi connectivity index (χ1n) is 4.37. The van der Waals surface area contributed by atoms with Crippen molar-refractivity contribution in [2.45, 2.75) is 27.2 Å². The van der Waals surface area contributed by atoms with Gasteiger partial charge in [-0.1, -0.05) is 13.8 Å². The minimum atomic E-state index is -0.531. The van der Waals surface area contributed by atoms with E-state index in [0.29, 0.717) is 6.61 Å². The Bertz CT molecular complexity index is 180. The topological polar surface area (TPSA) is 52.6 Å². The number of rotatable bonds is 5. The van der Waals surface area contributed by atoms with Crippen molar-refractivity contribution in [3.8, 4) is 0 Å². The van der Waals surface area contributed by atoms with E-state index in [1.165, 1.54) is 0 Å². The average Bonchev–Trinajstić information content (AvgIpc) is 2.01. The molecule has 5 heteroatoms. The van der Waals surface area contributed by atoms with E-state index in [9.17, 15) is 9.59 Å². The summed E-state index contributed by atoms with van der Waals surface area (Å²) >= 11 is 0. The Labute approximate surface area is 127 Å². The Morgan fingerprint density at radius 1 is 1.14 bits per heavy atom. The van der Waals surface area contributed by atoms with E-state index < -0.39 is 11.9 Å². The summed E-state index contributed by atoms with van der Waals surface area (Å²) in [5, 5.41) is 0. The molecule has 0 radical (unpaired) electrons. The summed E-state index contributed by atoms with van der Waals surface area (Å²) in [6.45, 7) is 6.18. The van der Waals surface area contributed by atoms with Gasteiger partial charge in [0.05, 0.1) is 13.2 Å². The Hall–Kier alpha value is 0.576. The predicted molar refractivity (Wildman–Crippen MR) is 54.2 cm³/mol. The van der Waals surface area contributed by atoms with Crippen molar-refractivity contribution in [1.29, 1.82) is 0 Å². The molecule has 0 saturated heterocycles. The average molecular weight is 228 g/mol. The normalized spacial score (nSPS) is 9.14. The zero-order chi connectivity index (χ0) is 10.3. The first-order valence-corrected chi connectivity index (χ1v) is 4.37. The molecule has 14 heavy (non-hydrogen) atoms. The van der Waals surface area contributed by atoms with Crippen LogP contribution in [-0.4, -0.2) is 76.5 Å². The fraction of sp³-hybridized carbons (Fsp3) is 0.778. The molecule has 0 aromatic heterocycles. The molecule has 0 heterocycles. The van der Waals surface area contributed by atoms with Gasteiger partial charge in [-0.15, -0.1) is 0 Å². The van der Waals surface area contributed by atoms with Crippen LogP contribution in [0.4, 0.5) is 0 Å². The summed E-state index contributed by atoms with van der Waals surface area (Å²) in [6, 6.07) is 0. The van der Waals surface area contributed by atoms with Crippen LogP contribution in [0.25, 0.3) is 0 Å². The molecule has 4 nitrogen and oxygen atoms in total. The van der Waals surface area contributed by atoms with Crippen LogP contribution in [0, 0.1) is 5.92 Å². The molecule has 0 amide bonds. The zero-order valence-electron chi connectivity index (χ0n) is 8.33. The standard InChI is InChI=1S/C9H16O4.K.H/c1-4-12-8(10)5-9(11)13-6-7(2)3;;/h7H,4-6H2,1-3H3;;. The van der Waals surface area contributed by atoms with Crippen LogP contribution in [0.15, 0.2) is 0 Å². The third kappa shape index (κ3) is 10.7. The number of esters is 2. The first-order chi connectivity index (χ1) is 6.06. The molecule has 0 atom stereocenters. The van der Waals surface area contributed by atoms with E-state index in [1.807, 2.05) is 13.8 Å². The van der Waals surface area contributed by atoms with Gasteiger partial charge in [-0.05, 0) is 12.8 Å². The second-order valence-corrected chi connectivity index (χ2v) is 3.06. The molecule has 0 fully saturated rings. The fourth-order valence-corrected chi connectivity index (χ4v) is 0.641. The van der Waals surface area contributed by atoms with Crippen molar-refractivity contribution in [2.24, 2.45) is 5.92 Å². The van der Waals surface area contributed by atoms with E-state index in [-0.39, 0.29) is 70.3 Å². The van der Waals surface area contributed by atoms with E-state index in [1.54, 1.807) is 6.92 Å². The van der Waals surface area contributed by atoms with Crippen LogP contribution in [0.2, 0.25) is 0 Å². The molecule has 0 aromatic rings. The molecule has 0 spiro atoms. The van der Waals surface area contributed by atoms with Gasteiger partial charge in [-0.25, -0.2) is 0 Å². The second-order valence-electron chi connectivity index (χ2n) is 3.06. The zero-order valence-corrected chi connectivity index (χ0v) is 8.33. The summed E-state index contributed by atoms with van der Waals surface area (Å²) < 4.78 is 9.36. The third-order valence-corrected chi connectivity index (χ3v) is 1.17. The summed E-state index contributed by atoms with van der Waals surface area (Å²) in [4.78, 5) is 21.7. The Morgan fingerprint density at radius 2 is 1.64 bits per heavy atom. The van der Waals surface area contributed by atoms with E-state index >= 15 is 0 Å². The molecule has 0 unspecified atom stereocenters. The molecular formula is C9H17KO4. The van der Waals surface area contributed by atoms with Crippen LogP contribution in [0.1, 0.15) is 27.2 Å². The fourth-order valence-electron chi connectivity index (χ4n) is 0.641. The molecule has 0 bridgehead atoms. The summed E-state index contributed by atoms with van der Waals surface area (Å²) in [6.07, 6.45) is -0.291. The van der Waals surface area contributed by atoms with Gasteiger partial charge in [0.25, 0.3) is 0 Å². The number of ether oxygens (including phenoxy) is 2. The Kier molecular flexibility index (Phi) is 12.3. The van der Waals surface area contributed by atoms with Crippen LogP contribution >= 0.6 is 0 Å². The summed E-state index contributed by atoms with van der Waals surface area (Å²) in [5.41, 5.74) is 0. The van der Waals surface area contributed by atoms with Gasteiger partial charge in [-0.3, -0.25) is 9.59 Å². The van der Waals surface area contributed by atoms with Crippen molar-refractivity contribution in [1.82, 2.24) is 0 Å². The van der Waals surface area contributed by atoms with Crippen LogP contribution < -0.4 is 0 Å². The molecule has 0 aliphatic carbocycles. The maximum absolute atomic E-state index is 10.9. The first kappa shape index (κ1) is 17.0. The number of carbonyl (C=O) groups excluding carboxylic acids is 2. The minimum absolute atomic E-state index is 0. The van der Waals surface area contributed by atoms with Gasteiger partial charge in [-0.2, -0.15) is 0 Å². The third-order valence-electron chi connectivity index (χ3n) is 1.17. The monoisotopic (exact) mass is 228 g/mol. The van der Waals surface area contributed by atoms with Crippen molar-refractivity contribution in [2.75, 3.05) is 13.2 Å². The Morgan fingerprint density at radius 3 is 2.07 bits per heavy atom. The van der Waals surface area contributed by atoms with Gasteiger partial charge in [0, 0.05) is 0 Å². The summed E-state index contributed by atoms with van der Waals surface area (Å²) in [5.74, 6) is -0.769. The Balaban J connectivity index is 0. The molecule has 0 aliphatic heterocycles. The van der Waals surface area contributed by atoms with Crippen molar-refractivity contribution < 1.29 is 19.1 Å². The van der Waals surface area contributed by atoms with Gasteiger partial charge < -0.3 is 9.47 Å². The molecule has 0 rings (SSSR count). The van der Waals surface area contributed by atoms with Gasteiger partial charge in [0.1, 0.15) is 6.42 Å². The molecule has 78 valence electrons. The number of hydrogen-bond donors (Lipinski definition) is 0. The van der Waals surface area contributed by atoms with Gasteiger partial charge >= 0.3 is 63.3 Å². The van der Waals surface area contributed by atoms with E-state index in [4.69, 9.17) is 4.74 Å². The molecule has 0 saturated carbocycles. The quantitative estimate of drug-likeness (QED) is 0.390. The van der Waals surface area contributed by atoms with Crippen molar-refractivity contribution >= 4 is 63.3 Å². The number of carbonyl (C=O) groups is 2. The molecule has 0 N–H and O–H groups in total. The second kappa shape index (κ2) is 10.1. The van der Waals surface area contributed by atoms with Crippen molar-refractivity contribution in [3.05, 3.63) is 0 Å². The van der Waals surface area contributed by atoms with Gasteiger partial charge in [0.15, 0.2) is 0 Å². The van der Waals surface area contributed by atoms with E-state index in [0.717, 1.165) is 0 Å². The summed E-state index contributed by atoms with van der Waals surface area (Å²) in [7, 11) is 0. The molecule has 0 aromatic carbocycles. The molecule has 0 aliphatic rings. The van der Waals surface area contributed by atoms with Crippen LogP contribution in [0.3, 0.4) is 0 Å². The molecular weight excluding hydrogens is 211 g/mol. The number of hydrogen-bond acceptors (Lipinski definition) is 4. The SMILES string of the molecule is CCOC(=O)CC(=O)OCC(C)C.[KH]. The maximum atomic E-state index is 10.9.